The number of rotatable bonds is 7. The van der Waals surface area contributed by atoms with Crippen molar-refractivity contribution in [3.8, 4) is 0 Å². The monoisotopic (exact) mass is 500 g/mol. The van der Waals surface area contributed by atoms with Crippen LogP contribution in [0.3, 0.4) is 0 Å². The highest BCUT2D eigenvalue weighted by Gasteiger charge is 2.30. The quantitative estimate of drug-likeness (QED) is 0.571. The number of likely N-dealkylation sites (tertiary alicyclic amines) is 1. The van der Waals surface area contributed by atoms with Crippen molar-refractivity contribution in [2.75, 3.05) is 24.5 Å². The smallest absolute Gasteiger partial charge is 0.253 e. The number of aromatic amines is 1. The maximum absolute atomic E-state index is 13.1. The number of aromatic nitrogens is 1. The largest absolute Gasteiger partial charge is 0.367 e. The molecule has 1 fully saturated rings. The van der Waals surface area contributed by atoms with Crippen LogP contribution in [0, 0.1) is 13.8 Å². The minimum absolute atomic E-state index is 0.0548. The van der Waals surface area contributed by atoms with Crippen molar-refractivity contribution < 1.29 is 9.59 Å². The fourth-order valence-electron chi connectivity index (χ4n) is 4.24. The molecule has 2 amide bonds. The van der Waals surface area contributed by atoms with Gasteiger partial charge >= 0.3 is 0 Å². The summed E-state index contributed by atoms with van der Waals surface area (Å²) in [6.07, 6.45) is 3.81. The van der Waals surface area contributed by atoms with E-state index in [1.54, 1.807) is 17.2 Å². The molecule has 1 aliphatic heterocycles. The Kier molecular flexibility index (Phi) is 7.56. The molecular weight excluding hydrogens is 472 g/mol. The van der Waals surface area contributed by atoms with Crippen LogP contribution in [0.4, 0.5) is 5.69 Å². The topological polar surface area (TPSA) is 85.5 Å². The van der Waals surface area contributed by atoms with E-state index in [-0.39, 0.29) is 30.0 Å². The van der Waals surface area contributed by atoms with E-state index >= 15 is 0 Å². The van der Waals surface area contributed by atoms with Crippen LogP contribution in [-0.4, -0.2) is 47.4 Å². The van der Waals surface area contributed by atoms with E-state index in [0.29, 0.717) is 24.2 Å². The standard InChI is InChI=1S/C24H29BrN4O3/c1-5-22(30)28-10-8-18(14-28)29(6-2)21-12-17(25)11-19(16(21)4)23(31)27-13-20-15(3)7-9-26-24(20)32/h5,7,9,11-12,18H,1,6,8,10,13-14H2,2-4H3,(H,26,32)(H,27,31). The lowest BCUT2D eigenvalue weighted by Gasteiger charge is -2.32. The van der Waals surface area contributed by atoms with E-state index in [2.05, 4.69) is 44.6 Å². The number of nitrogens with zero attached hydrogens (tertiary/aromatic N) is 2. The van der Waals surface area contributed by atoms with E-state index in [1.165, 1.54) is 6.08 Å². The molecule has 1 atom stereocenters. The first-order valence-corrected chi connectivity index (χ1v) is 11.5. The van der Waals surface area contributed by atoms with Gasteiger partial charge in [0.25, 0.3) is 11.5 Å². The summed E-state index contributed by atoms with van der Waals surface area (Å²) in [5.74, 6) is -0.292. The van der Waals surface area contributed by atoms with Gasteiger partial charge in [-0.1, -0.05) is 22.5 Å². The first-order valence-electron chi connectivity index (χ1n) is 10.7. The minimum Gasteiger partial charge on any atom is -0.367 e. The van der Waals surface area contributed by atoms with Crippen LogP contribution >= 0.6 is 15.9 Å². The zero-order chi connectivity index (χ0) is 23.4. The Morgan fingerprint density at radius 1 is 1.38 bits per heavy atom. The Hall–Kier alpha value is -2.87. The second-order valence-corrected chi connectivity index (χ2v) is 8.88. The lowest BCUT2D eigenvalue weighted by atomic mass is 10.0. The fraction of sp³-hybridized carbons (Fsp3) is 0.375. The summed E-state index contributed by atoms with van der Waals surface area (Å²) in [7, 11) is 0. The van der Waals surface area contributed by atoms with Gasteiger partial charge in [0.05, 0.1) is 0 Å². The molecule has 2 heterocycles. The van der Waals surface area contributed by atoms with Gasteiger partial charge in [-0.3, -0.25) is 14.4 Å². The molecule has 0 radical (unpaired) electrons. The molecule has 0 bridgehead atoms. The predicted octanol–water partition coefficient (Wildman–Crippen LogP) is 3.30. The summed E-state index contributed by atoms with van der Waals surface area (Å²) in [6, 6.07) is 5.79. The lowest BCUT2D eigenvalue weighted by molar-refractivity contribution is -0.125. The van der Waals surface area contributed by atoms with Gasteiger partial charge in [0, 0.05) is 59.7 Å². The molecule has 1 aromatic heterocycles. The number of nitrogens with one attached hydrogen (secondary N) is 2. The summed E-state index contributed by atoms with van der Waals surface area (Å²) >= 11 is 3.55. The molecule has 2 aromatic rings. The van der Waals surface area contributed by atoms with E-state index in [1.807, 2.05) is 26.0 Å². The number of anilines is 1. The van der Waals surface area contributed by atoms with Crippen LogP contribution in [0.25, 0.3) is 0 Å². The van der Waals surface area contributed by atoms with Crippen LogP contribution in [0.15, 0.2) is 46.3 Å². The van der Waals surface area contributed by atoms with Gasteiger partial charge < -0.3 is 20.1 Å². The van der Waals surface area contributed by atoms with Gasteiger partial charge in [0.1, 0.15) is 0 Å². The van der Waals surface area contributed by atoms with Crippen LogP contribution in [0.1, 0.15) is 40.4 Å². The van der Waals surface area contributed by atoms with Crippen molar-refractivity contribution in [2.45, 2.75) is 39.8 Å². The van der Waals surface area contributed by atoms with Crippen molar-refractivity contribution in [2.24, 2.45) is 0 Å². The van der Waals surface area contributed by atoms with Crippen molar-refractivity contribution >= 4 is 33.4 Å². The average molecular weight is 501 g/mol. The number of amides is 2. The fourth-order valence-corrected chi connectivity index (χ4v) is 4.69. The molecule has 1 aromatic carbocycles. The molecule has 0 spiro atoms. The summed E-state index contributed by atoms with van der Waals surface area (Å²) in [6.45, 7) is 11.7. The highest BCUT2D eigenvalue weighted by atomic mass is 79.9. The number of carbonyl (C=O) groups is 2. The molecule has 3 rings (SSSR count). The maximum Gasteiger partial charge on any atom is 0.253 e. The van der Waals surface area contributed by atoms with Gasteiger partial charge in [-0.2, -0.15) is 0 Å². The lowest BCUT2D eigenvalue weighted by Crippen LogP contribution is -2.39. The van der Waals surface area contributed by atoms with Crippen LogP contribution in [0.5, 0.6) is 0 Å². The zero-order valence-corrected chi connectivity index (χ0v) is 20.3. The number of carbonyl (C=O) groups excluding carboxylic acids is 2. The third kappa shape index (κ3) is 4.96. The Morgan fingerprint density at radius 2 is 2.12 bits per heavy atom. The summed E-state index contributed by atoms with van der Waals surface area (Å²) in [5.41, 5.74) is 3.54. The number of benzene rings is 1. The summed E-state index contributed by atoms with van der Waals surface area (Å²) in [4.78, 5) is 43.8. The molecule has 7 nitrogen and oxygen atoms in total. The normalized spacial score (nSPS) is 15.5. The molecule has 1 aliphatic rings. The molecule has 2 N–H and O–H groups in total. The second kappa shape index (κ2) is 10.2. The first-order chi connectivity index (χ1) is 15.3. The third-order valence-corrected chi connectivity index (χ3v) is 6.51. The van der Waals surface area contributed by atoms with Crippen molar-refractivity contribution in [3.05, 3.63) is 74.1 Å². The number of H-pyrrole nitrogens is 1. The van der Waals surface area contributed by atoms with Crippen LogP contribution in [0.2, 0.25) is 0 Å². The Labute approximate surface area is 196 Å². The summed E-state index contributed by atoms with van der Waals surface area (Å²) < 4.78 is 0.799. The van der Waals surface area contributed by atoms with E-state index < -0.39 is 0 Å². The minimum atomic E-state index is -0.237. The molecule has 1 saturated heterocycles. The van der Waals surface area contributed by atoms with Crippen molar-refractivity contribution in [1.29, 1.82) is 0 Å². The van der Waals surface area contributed by atoms with E-state index in [9.17, 15) is 14.4 Å². The van der Waals surface area contributed by atoms with Crippen LogP contribution in [-0.2, 0) is 11.3 Å². The van der Waals surface area contributed by atoms with Crippen LogP contribution < -0.4 is 15.8 Å². The molecule has 8 heteroatoms. The Morgan fingerprint density at radius 3 is 2.78 bits per heavy atom. The highest BCUT2D eigenvalue weighted by Crippen LogP contribution is 2.31. The van der Waals surface area contributed by atoms with Gasteiger partial charge in [0.2, 0.25) is 5.91 Å². The third-order valence-electron chi connectivity index (χ3n) is 6.05. The second-order valence-electron chi connectivity index (χ2n) is 7.97. The van der Waals surface area contributed by atoms with E-state index in [0.717, 1.165) is 34.3 Å². The van der Waals surface area contributed by atoms with E-state index in [4.69, 9.17) is 0 Å². The van der Waals surface area contributed by atoms with Crippen molar-refractivity contribution in [3.63, 3.8) is 0 Å². The molecule has 1 unspecified atom stereocenters. The SMILES string of the molecule is C=CC(=O)N1CCC(N(CC)c2cc(Br)cc(C(=O)NCc3c(C)cc[nH]c3=O)c2C)C1. The van der Waals surface area contributed by atoms with Gasteiger partial charge in [-0.25, -0.2) is 0 Å². The van der Waals surface area contributed by atoms with Crippen molar-refractivity contribution in [1.82, 2.24) is 15.2 Å². The number of likely N-dealkylation sites (N-methyl/N-ethyl adjacent to an activating group) is 1. The Bertz CT molecular complexity index is 1100. The number of pyridine rings is 1. The molecule has 0 aliphatic carbocycles. The van der Waals surface area contributed by atoms with Gasteiger partial charge in [-0.05, 0) is 62.6 Å². The average Bonchev–Trinajstić information content (AvgIpc) is 3.25. The number of hydrogen-bond acceptors (Lipinski definition) is 4. The zero-order valence-electron chi connectivity index (χ0n) is 18.7. The molecule has 0 saturated carbocycles. The molecular formula is C24H29BrN4O3. The number of halogens is 1. The maximum atomic E-state index is 13.1. The van der Waals surface area contributed by atoms with Gasteiger partial charge in [0.15, 0.2) is 0 Å². The summed E-state index contributed by atoms with van der Waals surface area (Å²) in [5, 5.41) is 2.89. The first kappa shape index (κ1) is 23.8. The highest BCUT2D eigenvalue weighted by molar-refractivity contribution is 9.10. The number of aryl methyl sites for hydroxylation is 1. The molecule has 32 heavy (non-hydrogen) atoms. The predicted molar refractivity (Wildman–Crippen MR) is 130 cm³/mol. The molecule has 170 valence electrons. The van der Waals surface area contributed by atoms with Gasteiger partial charge in [-0.15, -0.1) is 0 Å². The number of hydrogen-bond donors (Lipinski definition) is 2. The Balaban J connectivity index is 1.84.